The summed E-state index contributed by atoms with van der Waals surface area (Å²) in [6.45, 7) is 1.95. The number of thiol groups is 1. The van der Waals surface area contributed by atoms with Gasteiger partial charge in [0.1, 0.15) is 0 Å². The van der Waals surface area contributed by atoms with Gasteiger partial charge in [-0.1, -0.05) is 43.5 Å². The van der Waals surface area contributed by atoms with Crippen molar-refractivity contribution in [2.45, 2.75) is 62.7 Å². The molecule has 3 rings (SSSR count). The molecule has 5 heteroatoms. The normalized spacial score (nSPS) is 25.7. The van der Waals surface area contributed by atoms with Gasteiger partial charge in [0.2, 0.25) is 17.4 Å². The van der Waals surface area contributed by atoms with Crippen LogP contribution in [0.25, 0.3) is 0 Å². The first-order valence-corrected chi connectivity index (χ1v) is 14.4. The minimum atomic E-state index is -1.80. The molecule has 0 amide bonds. The molecule has 2 aliphatic rings. The van der Waals surface area contributed by atoms with Crippen LogP contribution in [-0.2, 0) is 14.9 Å². The van der Waals surface area contributed by atoms with Gasteiger partial charge in [-0.2, -0.15) is 12.6 Å². The van der Waals surface area contributed by atoms with E-state index in [1.165, 1.54) is 62.7 Å². The van der Waals surface area contributed by atoms with E-state index in [0.717, 1.165) is 19.0 Å². The topological polar surface area (TPSA) is 18.5 Å². The fraction of sp³-hybridized carbons (Fsp3) is 0.684. The summed E-state index contributed by atoms with van der Waals surface area (Å²) in [5.74, 6) is 0.993. The van der Waals surface area contributed by atoms with Crippen LogP contribution >= 0.6 is 12.6 Å². The first-order chi connectivity index (χ1) is 11.8. The Hall–Kier alpha value is -0.0762. The third-order valence-corrected chi connectivity index (χ3v) is 12.6. The quantitative estimate of drug-likeness (QED) is 0.434. The standard InChI is InChI=1S/C19H31O2SSi2/c22-13-5-8-16-24(15-7-4-12-21-24)19-10-2-1-9-18(19)17-23-14-6-3-11-20-23/h1-2,9-10,22H,3-8,11-17H2. The lowest BCUT2D eigenvalue weighted by Gasteiger charge is -2.37. The molecule has 0 saturated carbocycles. The largest absolute Gasteiger partial charge is 0.416 e. The summed E-state index contributed by atoms with van der Waals surface area (Å²) in [4.78, 5) is 0. The second-order valence-electron chi connectivity index (χ2n) is 7.16. The molecule has 133 valence electrons. The molecule has 1 radical (unpaired) electrons. The van der Waals surface area contributed by atoms with E-state index in [-0.39, 0.29) is 0 Å². The lowest BCUT2D eigenvalue weighted by atomic mass is 10.2. The lowest BCUT2D eigenvalue weighted by molar-refractivity contribution is 0.273. The highest BCUT2D eigenvalue weighted by atomic mass is 32.1. The highest BCUT2D eigenvalue weighted by molar-refractivity contribution is 7.80. The van der Waals surface area contributed by atoms with Crippen molar-refractivity contribution in [2.75, 3.05) is 19.0 Å². The molecule has 24 heavy (non-hydrogen) atoms. The van der Waals surface area contributed by atoms with E-state index >= 15 is 0 Å². The third-order valence-electron chi connectivity index (χ3n) is 5.39. The number of hydrogen-bond donors (Lipinski definition) is 1. The summed E-state index contributed by atoms with van der Waals surface area (Å²) in [6.07, 6.45) is 7.66. The summed E-state index contributed by atoms with van der Waals surface area (Å²) in [5.41, 5.74) is 1.55. The van der Waals surface area contributed by atoms with Gasteiger partial charge in [0, 0.05) is 13.2 Å². The van der Waals surface area contributed by atoms with Crippen molar-refractivity contribution in [1.82, 2.24) is 0 Å². The van der Waals surface area contributed by atoms with E-state index < -0.39 is 17.4 Å². The average molecular weight is 380 g/mol. The van der Waals surface area contributed by atoms with Gasteiger partial charge in [0.05, 0.1) is 0 Å². The molecular weight excluding hydrogens is 348 g/mol. The van der Waals surface area contributed by atoms with Crippen LogP contribution in [0.3, 0.4) is 0 Å². The zero-order valence-electron chi connectivity index (χ0n) is 14.8. The van der Waals surface area contributed by atoms with Crippen LogP contribution in [-0.4, -0.2) is 36.3 Å². The SMILES string of the molecule is SCCCC[Si]1(c2ccccc2C[Si]2CCCCO2)CCCCO1. The van der Waals surface area contributed by atoms with Crippen LogP contribution in [0.1, 0.15) is 44.1 Å². The number of benzene rings is 1. The minimum absolute atomic E-state index is 0.657. The Bertz CT molecular complexity index is 500. The molecular formula is C19H31O2SSi2. The monoisotopic (exact) mass is 379 g/mol. The number of rotatable bonds is 7. The van der Waals surface area contributed by atoms with E-state index in [9.17, 15) is 0 Å². The van der Waals surface area contributed by atoms with Crippen LogP contribution in [0, 0.1) is 0 Å². The maximum atomic E-state index is 6.61. The highest BCUT2D eigenvalue weighted by Gasteiger charge is 2.40. The van der Waals surface area contributed by atoms with E-state index in [4.69, 9.17) is 8.85 Å². The summed E-state index contributed by atoms with van der Waals surface area (Å²) in [7, 11) is -2.46. The van der Waals surface area contributed by atoms with Crippen molar-refractivity contribution in [2.24, 2.45) is 0 Å². The van der Waals surface area contributed by atoms with Crippen molar-refractivity contribution in [1.29, 1.82) is 0 Å². The van der Waals surface area contributed by atoms with Crippen LogP contribution in [0.15, 0.2) is 24.3 Å². The Kier molecular flexibility index (Phi) is 7.46. The van der Waals surface area contributed by atoms with E-state index in [1.54, 1.807) is 10.8 Å². The first kappa shape index (κ1) is 18.7. The van der Waals surface area contributed by atoms with Gasteiger partial charge in [-0.15, -0.1) is 0 Å². The van der Waals surface area contributed by atoms with Crippen LogP contribution in [0.4, 0.5) is 0 Å². The molecule has 0 N–H and O–H groups in total. The number of unbranched alkanes of at least 4 members (excludes halogenated alkanes) is 1. The lowest BCUT2D eigenvalue weighted by Crippen LogP contribution is -2.54. The fourth-order valence-electron chi connectivity index (χ4n) is 4.10. The predicted molar refractivity (Wildman–Crippen MR) is 109 cm³/mol. The molecule has 1 aromatic carbocycles. The maximum absolute atomic E-state index is 6.61. The van der Waals surface area contributed by atoms with E-state index in [2.05, 4.69) is 36.9 Å². The smallest absolute Gasteiger partial charge is 0.224 e. The summed E-state index contributed by atoms with van der Waals surface area (Å²) in [5, 5.41) is 1.59. The van der Waals surface area contributed by atoms with E-state index in [1.807, 2.05) is 0 Å². The summed E-state index contributed by atoms with van der Waals surface area (Å²) < 4.78 is 12.7. The molecule has 0 bridgehead atoms. The zero-order valence-corrected chi connectivity index (χ0v) is 17.7. The molecule has 2 aliphatic heterocycles. The second-order valence-corrected chi connectivity index (χ2v) is 13.6. The minimum Gasteiger partial charge on any atom is -0.416 e. The summed E-state index contributed by atoms with van der Waals surface area (Å²) >= 11 is 4.40. The van der Waals surface area contributed by atoms with Crippen molar-refractivity contribution >= 4 is 35.2 Å². The Balaban J connectivity index is 1.80. The molecule has 0 aromatic heterocycles. The Morgan fingerprint density at radius 2 is 1.92 bits per heavy atom. The van der Waals surface area contributed by atoms with Crippen LogP contribution < -0.4 is 5.19 Å². The van der Waals surface area contributed by atoms with E-state index in [0.29, 0.717) is 0 Å². The Morgan fingerprint density at radius 1 is 1.04 bits per heavy atom. The van der Waals surface area contributed by atoms with Gasteiger partial charge in [-0.05, 0) is 59.9 Å². The number of hydrogen-bond acceptors (Lipinski definition) is 3. The van der Waals surface area contributed by atoms with Crippen LogP contribution in [0.5, 0.6) is 0 Å². The molecule has 0 spiro atoms. The van der Waals surface area contributed by atoms with Gasteiger partial charge < -0.3 is 8.85 Å². The van der Waals surface area contributed by atoms with Crippen molar-refractivity contribution in [3.05, 3.63) is 29.8 Å². The van der Waals surface area contributed by atoms with Gasteiger partial charge in [0.25, 0.3) is 0 Å². The van der Waals surface area contributed by atoms with Gasteiger partial charge >= 0.3 is 0 Å². The fourth-order valence-corrected chi connectivity index (χ4v) is 11.3. The maximum Gasteiger partial charge on any atom is 0.224 e. The molecule has 1 aromatic rings. The predicted octanol–water partition coefficient (Wildman–Crippen LogP) is 4.24. The Morgan fingerprint density at radius 3 is 2.67 bits per heavy atom. The molecule has 1 unspecified atom stereocenters. The molecule has 0 aliphatic carbocycles. The molecule has 1 atom stereocenters. The van der Waals surface area contributed by atoms with Gasteiger partial charge in [-0.25, -0.2) is 0 Å². The summed E-state index contributed by atoms with van der Waals surface area (Å²) in [6, 6.07) is 14.2. The van der Waals surface area contributed by atoms with Crippen molar-refractivity contribution in [3.63, 3.8) is 0 Å². The second kappa shape index (κ2) is 9.57. The average Bonchev–Trinajstić information content (AvgIpc) is 2.64. The zero-order chi connectivity index (χ0) is 16.7. The third kappa shape index (κ3) is 4.76. The molecule has 2 heterocycles. The molecule has 2 fully saturated rings. The highest BCUT2D eigenvalue weighted by Crippen LogP contribution is 2.29. The van der Waals surface area contributed by atoms with Gasteiger partial charge in [-0.3, -0.25) is 0 Å². The van der Waals surface area contributed by atoms with Crippen molar-refractivity contribution < 1.29 is 8.85 Å². The Labute approximate surface area is 155 Å². The van der Waals surface area contributed by atoms with Gasteiger partial charge in [0.15, 0.2) is 0 Å². The van der Waals surface area contributed by atoms with Crippen molar-refractivity contribution in [3.8, 4) is 0 Å². The first-order valence-electron chi connectivity index (χ1n) is 9.65. The molecule has 2 nitrogen and oxygen atoms in total. The molecule has 2 saturated heterocycles. The van der Waals surface area contributed by atoms with Crippen LogP contribution in [0.2, 0.25) is 18.1 Å².